The number of rotatable bonds is 3. The Morgan fingerprint density at radius 2 is 2.06 bits per heavy atom. The number of aryl methyl sites for hydroxylation is 1. The zero-order valence-corrected chi connectivity index (χ0v) is 11.7. The number of halogens is 1. The van der Waals surface area contributed by atoms with Crippen molar-refractivity contribution in [2.24, 2.45) is 0 Å². The number of nitrogens with one attached hydrogen (secondary N) is 1. The van der Waals surface area contributed by atoms with E-state index in [9.17, 15) is 5.11 Å². The van der Waals surface area contributed by atoms with Crippen molar-refractivity contribution in [3.8, 4) is 0 Å². The van der Waals surface area contributed by atoms with Crippen LogP contribution in [0.2, 0.25) is 0 Å². The SMILES string of the molecule is Cc1cccc(SC2(CO)CCNCC2)c1.Cl. The van der Waals surface area contributed by atoms with Gasteiger partial charge < -0.3 is 10.4 Å². The molecule has 2 rings (SSSR count). The van der Waals surface area contributed by atoms with Crippen LogP contribution in [-0.4, -0.2) is 29.5 Å². The number of piperidine rings is 1. The minimum atomic E-state index is 0. The van der Waals surface area contributed by atoms with Gasteiger partial charge >= 0.3 is 0 Å². The van der Waals surface area contributed by atoms with E-state index < -0.39 is 0 Å². The predicted molar refractivity (Wildman–Crippen MR) is 76.2 cm³/mol. The molecule has 0 unspecified atom stereocenters. The van der Waals surface area contributed by atoms with E-state index in [1.54, 1.807) is 0 Å². The maximum absolute atomic E-state index is 9.62. The molecule has 1 saturated heterocycles. The molecule has 2 N–H and O–H groups in total. The summed E-state index contributed by atoms with van der Waals surface area (Å²) >= 11 is 1.84. The van der Waals surface area contributed by atoms with Crippen molar-refractivity contribution in [1.82, 2.24) is 5.32 Å². The highest BCUT2D eigenvalue weighted by Gasteiger charge is 2.32. The molecule has 96 valence electrons. The predicted octanol–water partition coefficient (Wildman–Crippen LogP) is 2.62. The number of aliphatic hydroxyl groups is 1. The van der Waals surface area contributed by atoms with Crippen molar-refractivity contribution in [2.75, 3.05) is 19.7 Å². The van der Waals surface area contributed by atoms with Crippen LogP contribution in [0.3, 0.4) is 0 Å². The summed E-state index contributed by atoms with van der Waals surface area (Å²) in [6.45, 7) is 4.41. The fourth-order valence-electron chi connectivity index (χ4n) is 2.10. The third-order valence-electron chi connectivity index (χ3n) is 3.13. The first-order chi connectivity index (χ1) is 7.74. The molecule has 1 aliphatic rings. The van der Waals surface area contributed by atoms with Crippen LogP contribution in [0.15, 0.2) is 29.2 Å². The van der Waals surface area contributed by atoms with Crippen molar-refractivity contribution in [2.45, 2.75) is 29.4 Å². The van der Waals surface area contributed by atoms with Crippen LogP contribution in [0.1, 0.15) is 18.4 Å². The Kier molecular flexibility index (Phi) is 5.80. The fraction of sp³-hybridized carbons (Fsp3) is 0.538. The van der Waals surface area contributed by atoms with Crippen LogP contribution < -0.4 is 5.32 Å². The zero-order chi connectivity index (χ0) is 11.4. The molecule has 4 heteroatoms. The van der Waals surface area contributed by atoms with E-state index in [4.69, 9.17) is 0 Å². The molecule has 2 nitrogen and oxygen atoms in total. The molecule has 17 heavy (non-hydrogen) atoms. The Bertz CT molecular complexity index is 353. The van der Waals surface area contributed by atoms with Gasteiger partial charge in [0.05, 0.1) is 6.61 Å². The fourth-order valence-corrected chi connectivity index (χ4v) is 3.47. The van der Waals surface area contributed by atoms with Crippen molar-refractivity contribution < 1.29 is 5.11 Å². The van der Waals surface area contributed by atoms with Crippen molar-refractivity contribution >= 4 is 24.2 Å². The summed E-state index contributed by atoms with van der Waals surface area (Å²) in [7, 11) is 0. The molecular formula is C13H20ClNOS. The average Bonchev–Trinajstić information content (AvgIpc) is 2.30. The van der Waals surface area contributed by atoms with Gasteiger partial charge in [-0.3, -0.25) is 0 Å². The van der Waals surface area contributed by atoms with Gasteiger partial charge in [0, 0.05) is 9.64 Å². The molecule has 1 fully saturated rings. The summed E-state index contributed by atoms with van der Waals surface area (Å²) in [5.41, 5.74) is 1.28. The summed E-state index contributed by atoms with van der Waals surface area (Å²) in [5.74, 6) is 0. The lowest BCUT2D eigenvalue weighted by atomic mass is 9.98. The molecule has 0 aliphatic carbocycles. The first-order valence-corrected chi connectivity index (χ1v) is 6.63. The standard InChI is InChI=1S/C13H19NOS.ClH/c1-11-3-2-4-12(9-11)16-13(10-15)5-7-14-8-6-13;/h2-4,9,14-15H,5-8,10H2,1H3;1H. The first kappa shape index (κ1) is 14.8. The third kappa shape index (κ3) is 3.88. The maximum atomic E-state index is 9.62. The van der Waals surface area contributed by atoms with Gasteiger partial charge in [-0.15, -0.1) is 24.2 Å². The zero-order valence-electron chi connectivity index (χ0n) is 10.1. The molecule has 0 aromatic heterocycles. The molecule has 1 aromatic carbocycles. The van der Waals surface area contributed by atoms with Gasteiger partial charge in [0.1, 0.15) is 0 Å². The second-order valence-corrected chi connectivity index (χ2v) is 6.05. The minimum absolute atomic E-state index is 0. The van der Waals surface area contributed by atoms with Gasteiger partial charge in [-0.25, -0.2) is 0 Å². The summed E-state index contributed by atoms with van der Waals surface area (Å²) in [6, 6.07) is 8.53. The lowest BCUT2D eigenvalue weighted by Crippen LogP contribution is -2.42. The third-order valence-corrected chi connectivity index (χ3v) is 4.59. The molecular weight excluding hydrogens is 254 g/mol. The van der Waals surface area contributed by atoms with Gasteiger partial charge in [0.15, 0.2) is 0 Å². The van der Waals surface area contributed by atoms with Gasteiger partial charge in [0.25, 0.3) is 0 Å². The summed E-state index contributed by atoms with van der Waals surface area (Å²) in [4.78, 5) is 1.27. The Morgan fingerprint density at radius 3 is 2.65 bits per heavy atom. The Hall–Kier alpha value is -0.220. The molecule has 0 atom stereocenters. The molecule has 1 heterocycles. The number of benzene rings is 1. The maximum Gasteiger partial charge on any atom is 0.0582 e. The lowest BCUT2D eigenvalue weighted by molar-refractivity contribution is 0.219. The number of thioether (sulfide) groups is 1. The Labute approximate surface area is 114 Å². The van der Waals surface area contributed by atoms with E-state index in [0.29, 0.717) is 0 Å². The van der Waals surface area contributed by atoms with Gasteiger partial charge in [-0.05, 0) is 45.0 Å². The normalized spacial score (nSPS) is 18.5. The van der Waals surface area contributed by atoms with Crippen LogP contribution in [0.4, 0.5) is 0 Å². The van der Waals surface area contributed by atoms with E-state index >= 15 is 0 Å². The van der Waals surface area contributed by atoms with E-state index in [-0.39, 0.29) is 23.8 Å². The van der Waals surface area contributed by atoms with E-state index in [0.717, 1.165) is 25.9 Å². The van der Waals surface area contributed by atoms with E-state index in [1.807, 2.05) is 11.8 Å². The van der Waals surface area contributed by atoms with Gasteiger partial charge in [0.2, 0.25) is 0 Å². The van der Waals surface area contributed by atoms with Gasteiger partial charge in [-0.1, -0.05) is 17.7 Å². The number of aliphatic hydroxyl groups excluding tert-OH is 1. The van der Waals surface area contributed by atoms with E-state index in [2.05, 4.69) is 36.5 Å². The largest absolute Gasteiger partial charge is 0.395 e. The monoisotopic (exact) mass is 273 g/mol. The lowest BCUT2D eigenvalue weighted by Gasteiger charge is -2.35. The number of hydrogen-bond donors (Lipinski definition) is 2. The molecule has 0 spiro atoms. The molecule has 0 amide bonds. The van der Waals surface area contributed by atoms with Crippen LogP contribution in [0.5, 0.6) is 0 Å². The molecule has 0 bridgehead atoms. The molecule has 1 aliphatic heterocycles. The van der Waals surface area contributed by atoms with Crippen LogP contribution in [-0.2, 0) is 0 Å². The van der Waals surface area contributed by atoms with Crippen LogP contribution in [0.25, 0.3) is 0 Å². The minimum Gasteiger partial charge on any atom is -0.395 e. The second-order valence-electron chi connectivity index (χ2n) is 4.51. The Morgan fingerprint density at radius 1 is 1.35 bits per heavy atom. The molecule has 1 aromatic rings. The first-order valence-electron chi connectivity index (χ1n) is 5.81. The molecule has 0 radical (unpaired) electrons. The summed E-state index contributed by atoms with van der Waals surface area (Å²) in [5, 5.41) is 13.0. The quantitative estimate of drug-likeness (QED) is 0.888. The smallest absolute Gasteiger partial charge is 0.0582 e. The highest BCUT2D eigenvalue weighted by atomic mass is 35.5. The summed E-state index contributed by atoms with van der Waals surface area (Å²) < 4.78 is 0.0268. The molecule has 0 saturated carbocycles. The average molecular weight is 274 g/mol. The highest BCUT2D eigenvalue weighted by Crippen LogP contribution is 2.39. The van der Waals surface area contributed by atoms with Crippen LogP contribution in [0, 0.1) is 6.92 Å². The second kappa shape index (κ2) is 6.64. The van der Waals surface area contributed by atoms with Crippen molar-refractivity contribution in [1.29, 1.82) is 0 Å². The van der Waals surface area contributed by atoms with E-state index in [1.165, 1.54) is 10.5 Å². The van der Waals surface area contributed by atoms with Crippen LogP contribution >= 0.6 is 24.2 Å². The van der Waals surface area contributed by atoms with Crippen molar-refractivity contribution in [3.63, 3.8) is 0 Å². The number of hydrogen-bond acceptors (Lipinski definition) is 3. The highest BCUT2D eigenvalue weighted by molar-refractivity contribution is 8.00. The van der Waals surface area contributed by atoms with Gasteiger partial charge in [-0.2, -0.15) is 0 Å². The summed E-state index contributed by atoms with van der Waals surface area (Å²) in [6.07, 6.45) is 2.09. The topological polar surface area (TPSA) is 32.3 Å². The van der Waals surface area contributed by atoms with Crippen molar-refractivity contribution in [3.05, 3.63) is 29.8 Å². The Balaban J connectivity index is 0.00000144.